The van der Waals surface area contributed by atoms with Crippen molar-refractivity contribution >= 4 is 58.1 Å². The minimum Gasteiger partial charge on any atom is -0.396 e. The maximum atomic E-state index is 13.9. The summed E-state index contributed by atoms with van der Waals surface area (Å²) in [5, 5.41) is 10.1. The second-order valence-electron chi connectivity index (χ2n) is 10.4. The number of thiophene rings is 1. The van der Waals surface area contributed by atoms with Crippen molar-refractivity contribution in [3.63, 3.8) is 0 Å². The Morgan fingerprint density at radius 2 is 1.64 bits per heavy atom. The molecule has 0 saturated carbocycles. The summed E-state index contributed by atoms with van der Waals surface area (Å²) in [6.45, 7) is 1.08. The van der Waals surface area contributed by atoms with Gasteiger partial charge >= 0.3 is 0 Å². The van der Waals surface area contributed by atoms with Gasteiger partial charge in [0, 0.05) is 45.6 Å². The van der Waals surface area contributed by atoms with Gasteiger partial charge in [0.1, 0.15) is 0 Å². The lowest BCUT2D eigenvalue weighted by Crippen LogP contribution is -2.51. The van der Waals surface area contributed by atoms with Crippen LogP contribution in [-0.2, 0) is 10.2 Å². The molecule has 1 aliphatic heterocycles. The standard InChI is InChI=1S/C33H32Cl2N2O3S2/c34-24-10-13-26(28(35)20-24)30-27(22-8-11-25(12-9-22)41-19-5-4-18-38)21-29(42-30)31(39)37-16-14-33(15-17-37,32(36)40)23-6-2-1-3-7-23/h1-3,6-13,20-21,38H,4-5,14-19H2,(H2,36,40). The average Bonchev–Trinajstić information content (AvgIpc) is 3.45. The molecule has 0 radical (unpaired) electrons. The number of likely N-dealkylation sites (tertiary alicyclic amines) is 1. The molecular formula is C33H32Cl2N2O3S2. The molecule has 5 rings (SSSR count). The van der Waals surface area contributed by atoms with Gasteiger partial charge in [-0.2, -0.15) is 0 Å². The molecule has 1 aromatic heterocycles. The fourth-order valence-corrected chi connectivity index (χ4v) is 8.06. The van der Waals surface area contributed by atoms with E-state index in [1.54, 1.807) is 23.9 Å². The van der Waals surface area contributed by atoms with Gasteiger partial charge in [-0.1, -0.05) is 71.7 Å². The number of benzene rings is 3. The third-order valence-electron chi connectivity index (χ3n) is 7.81. The van der Waals surface area contributed by atoms with E-state index in [4.69, 9.17) is 34.0 Å². The summed E-state index contributed by atoms with van der Waals surface area (Å²) in [6.07, 6.45) is 2.71. The number of hydrogen-bond acceptors (Lipinski definition) is 5. The zero-order valence-electron chi connectivity index (χ0n) is 23.0. The Morgan fingerprint density at radius 1 is 0.929 bits per heavy atom. The minimum atomic E-state index is -0.779. The number of thioether (sulfide) groups is 1. The van der Waals surface area contributed by atoms with Crippen molar-refractivity contribution in [2.24, 2.45) is 5.73 Å². The number of hydrogen-bond donors (Lipinski definition) is 2. The molecule has 218 valence electrons. The van der Waals surface area contributed by atoms with Crippen molar-refractivity contribution in [2.45, 2.75) is 36.0 Å². The third-order valence-corrected chi connectivity index (χ3v) is 10.6. The molecule has 0 unspecified atom stereocenters. The molecule has 5 nitrogen and oxygen atoms in total. The number of rotatable bonds is 10. The number of primary amides is 1. The number of nitrogens with zero attached hydrogens (tertiary/aromatic N) is 1. The van der Waals surface area contributed by atoms with Crippen molar-refractivity contribution in [3.05, 3.63) is 99.3 Å². The maximum Gasteiger partial charge on any atom is 0.263 e. The van der Waals surface area contributed by atoms with Gasteiger partial charge in [-0.15, -0.1) is 23.1 Å². The Hall–Kier alpha value is -2.81. The lowest BCUT2D eigenvalue weighted by molar-refractivity contribution is -0.125. The number of aliphatic hydroxyl groups excluding tert-OH is 1. The van der Waals surface area contributed by atoms with Crippen LogP contribution >= 0.6 is 46.3 Å². The molecule has 9 heteroatoms. The van der Waals surface area contributed by atoms with Crippen LogP contribution in [0.5, 0.6) is 0 Å². The van der Waals surface area contributed by atoms with E-state index in [0.29, 0.717) is 40.9 Å². The summed E-state index contributed by atoms with van der Waals surface area (Å²) in [5.41, 5.74) is 8.78. The molecular weight excluding hydrogens is 607 g/mol. The van der Waals surface area contributed by atoms with Gasteiger partial charge in [-0.25, -0.2) is 0 Å². The van der Waals surface area contributed by atoms with E-state index in [9.17, 15) is 9.59 Å². The van der Waals surface area contributed by atoms with E-state index in [0.717, 1.165) is 50.6 Å². The Balaban J connectivity index is 1.42. The molecule has 3 N–H and O–H groups in total. The molecule has 2 amide bonds. The molecule has 0 atom stereocenters. The number of aliphatic hydroxyl groups is 1. The van der Waals surface area contributed by atoms with Crippen molar-refractivity contribution in [1.82, 2.24) is 4.90 Å². The zero-order valence-corrected chi connectivity index (χ0v) is 26.2. The topological polar surface area (TPSA) is 83.6 Å². The van der Waals surface area contributed by atoms with Crippen molar-refractivity contribution in [2.75, 3.05) is 25.4 Å². The quantitative estimate of drug-likeness (QED) is 0.137. The van der Waals surface area contributed by atoms with E-state index in [1.807, 2.05) is 47.4 Å². The zero-order chi connectivity index (χ0) is 29.7. The normalized spacial score (nSPS) is 14.6. The number of piperidine rings is 1. The van der Waals surface area contributed by atoms with Gasteiger partial charge in [0.25, 0.3) is 5.91 Å². The summed E-state index contributed by atoms with van der Waals surface area (Å²) in [6, 6.07) is 25.3. The Bertz CT molecular complexity index is 1550. The Labute approximate surface area is 264 Å². The first-order valence-electron chi connectivity index (χ1n) is 13.9. The van der Waals surface area contributed by atoms with Crippen molar-refractivity contribution in [3.8, 4) is 21.6 Å². The largest absolute Gasteiger partial charge is 0.396 e. The molecule has 4 aromatic rings. The van der Waals surface area contributed by atoms with E-state index < -0.39 is 5.41 Å². The van der Waals surface area contributed by atoms with E-state index in [-0.39, 0.29) is 18.4 Å². The van der Waals surface area contributed by atoms with Gasteiger partial charge in [0.05, 0.1) is 15.3 Å². The number of carbonyl (C=O) groups is 2. The molecule has 1 fully saturated rings. The monoisotopic (exact) mass is 638 g/mol. The molecule has 2 heterocycles. The first-order valence-corrected chi connectivity index (χ1v) is 16.5. The predicted molar refractivity (Wildman–Crippen MR) is 175 cm³/mol. The fourth-order valence-electron chi connectivity index (χ4n) is 5.40. The van der Waals surface area contributed by atoms with Crippen LogP contribution in [0.15, 0.2) is 83.8 Å². The highest BCUT2D eigenvalue weighted by molar-refractivity contribution is 7.99. The van der Waals surface area contributed by atoms with E-state index in [2.05, 4.69) is 24.3 Å². The van der Waals surface area contributed by atoms with Gasteiger partial charge in [0.15, 0.2) is 0 Å². The molecule has 0 spiro atoms. The summed E-state index contributed by atoms with van der Waals surface area (Å²) in [7, 11) is 0. The van der Waals surface area contributed by atoms with Gasteiger partial charge in [0.2, 0.25) is 5.91 Å². The van der Waals surface area contributed by atoms with Crippen LogP contribution in [0.1, 0.15) is 40.9 Å². The number of halogens is 2. The SMILES string of the molecule is NC(=O)C1(c2ccccc2)CCN(C(=O)c2cc(-c3ccc(SCCCCO)cc3)c(-c3ccc(Cl)cc3Cl)s2)CC1. The smallest absolute Gasteiger partial charge is 0.263 e. The molecule has 1 aliphatic rings. The molecule has 0 bridgehead atoms. The number of amides is 2. The first-order chi connectivity index (χ1) is 20.3. The van der Waals surface area contributed by atoms with Crippen LogP contribution in [-0.4, -0.2) is 47.3 Å². The van der Waals surface area contributed by atoms with Crippen LogP contribution in [0.2, 0.25) is 10.0 Å². The fraction of sp³-hybridized carbons (Fsp3) is 0.273. The highest BCUT2D eigenvalue weighted by Crippen LogP contribution is 2.44. The van der Waals surface area contributed by atoms with Crippen LogP contribution in [0.25, 0.3) is 21.6 Å². The van der Waals surface area contributed by atoms with Gasteiger partial charge < -0.3 is 15.7 Å². The Morgan fingerprint density at radius 3 is 2.29 bits per heavy atom. The molecule has 0 aliphatic carbocycles. The van der Waals surface area contributed by atoms with Crippen LogP contribution < -0.4 is 5.73 Å². The van der Waals surface area contributed by atoms with Crippen LogP contribution in [0.3, 0.4) is 0 Å². The summed E-state index contributed by atoms with van der Waals surface area (Å²) >= 11 is 16.0. The lowest BCUT2D eigenvalue weighted by Gasteiger charge is -2.40. The highest BCUT2D eigenvalue weighted by Gasteiger charge is 2.42. The molecule has 1 saturated heterocycles. The van der Waals surface area contributed by atoms with Gasteiger partial charge in [-0.05, 0) is 72.9 Å². The number of nitrogens with two attached hydrogens (primary N) is 1. The summed E-state index contributed by atoms with van der Waals surface area (Å²) in [4.78, 5) is 31.0. The van der Waals surface area contributed by atoms with Crippen molar-refractivity contribution < 1.29 is 14.7 Å². The van der Waals surface area contributed by atoms with Gasteiger partial charge in [-0.3, -0.25) is 9.59 Å². The number of unbranched alkanes of at least 4 members (excludes halogenated alkanes) is 1. The lowest BCUT2D eigenvalue weighted by atomic mass is 9.72. The minimum absolute atomic E-state index is 0.0697. The maximum absolute atomic E-state index is 13.9. The molecule has 3 aromatic carbocycles. The number of carbonyl (C=O) groups excluding carboxylic acids is 2. The van der Waals surface area contributed by atoms with Crippen LogP contribution in [0.4, 0.5) is 0 Å². The molecule has 42 heavy (non-hydrogen) atoms. The predicted octanol–water partition coefficient (Wildman–Crippen LogP) is 7.91. The second kappa shape index (κ2) is 13.7. The summed E-state index contributed by atoms with van der Waals surface area (Å²) in [5.74, 6) is 0.522. The van der Waals surface area contributed by atoms with Crippen molar-refractivity contribution in [1.29, 1.82) is 0 Å². The van der Waals surface area contributed by atoms with Crippen LogP contribution in [0, 0.1) is 0 Å². The van der Waals surface area contributed by atoms with E-state index >= 15 is 0 Å². The first kappa shape index (κ1) is 30.6. The third kappa shape index (κ3) is 6.56. The Kier molecular flexibility index (Phi) is 9.96. The second-order valence-corrected chi connectivity index (χ2v) is 13.4. The average molecular weight is 640 g/mol. The summed E-state index contributed by atoms with van der Waals surface area (Å²) < 4.78 is 0. The highest BCUT2D eigenvalue weighted by atomic mass is 35.5. The van der Waals surface area contributed by atoms with E-state index in [1.165, 1.54) is 11.3 Å².